The maximum absolute atomic E-state index is 12.8. The van der Waals surface area contributed by atoms with Gasteiger partial charge in [0.15, 0.2) is 5.13 Å². The Bertz CT molecular complexity index is 1070. The minimum Gasteiger partial charge on any atom is -0.378 e. The number of carbonyl (C=O) groups excluding carboxylic acids is 1. The summed E-state index contributed by atoms with van der Waals surface area (Å²) in [4.78, 5) is 28.4. The minimum absolute atomic E-state index is 0.190. The van der Waals surface area contributed by atoms with E-state index in [2.05, 4.69) is 20.2 Å². The van der Waals surface area contributed by atoms with Crippen molar-refractivity contribution in [2.24, 2.45) is 4.99 Å². The van der Waals surface area contributed by atoms with Gasteiger partial charge >= 0.3 is 0 Å². The molecule has 0 spiro atoms. The van der Waals surface area contributed by atoms with Gasteiger partial charge in [-0.3, -0.25) is 20.1 Å². The van der Waals surface area contributed by atoms with Crippen LogP contribution in [0.15, 0.2) is 53.2 Å². The first-order chi connectivity index (χ1) is 14.3. The summed E-state index contributed by atoms with van der Waals surface area (Å²) in [5.74, 6) is -0.190. The number of nitrogens with one attached hydrogen (secondary N) is 1. The van der Waals surface area contributed by atoms with Crippen LogP contribution in [0.25, 0.3) is 0 Å². The Labute approximate surface area is 172 Å². The number of thiazole rings is 1. The second kappa shape index (κ2) is 7.73. The zero-order valence-corrected chi connectivity index (χ0v) is 16.5. The van der Waals surface area contributed by atoms with E-state index in [9.17, 15) is 4.79 Å². The second-order valence-corrected chi connectivity index (χ2v) is 7.73. The number of hydrogen-bond donors (Lipinski definition) is 1. The monoisotopic (exact) mass is 405 g/mol. The molecular formula is C21H19N5O2S. The molecule has 1 N–H and O–H groups in total. The number of fused-ring (bicyclic) bond motifs is 1. The number of pyridine rings is 1. The van der Waals surface area contributed by atoms with E-state index in [-0.39, 0.29) is 5.91 Å². The normalized spacial score (nSPS) is 15.7. The lowest BCUT2D eigenvalue weighted by Gasteiger charge is -2.30. The van der Waals surface area contributed by atoms with Crippen molar-refractivity contribution < 1.29 is 9.53 Å². The molecule has 0 aliphatic carbocycles. The predicted molar refractivity (Wildman–Crippen MR) is 114 cm³/mol. The van der Waals surface area contributed by atoms with E-state index < -0.39 is 0 Å². The highest BCUT2D eigenvalue weighted by molar-refractivity contribution is 7.13. The first-order valence-corrected chi connectivity index (χ1v) is 10.3. The molecule has 2 aromatic heterocycles. The van der Waals surface area contributed by atoms with Crippen LogP contribution in [0.2, 0.25) is 0 Å². The van der Waals surface area contributed by atoms with Crippen molar-refractivity contribution in [1.29, 1.82) is 0 Å². The fraction of sp³-hybridized carbons (Fsp3) is 0.238. The number of aliphatic imine (C=N–C) groups is 1. The van der Waals surface area contributed by atoms with E-state index in [4.69, 9.17) is 9.73 Å². The summed E-state index contributed by atoms with van der Waals surface area (Å²) in [7, 11) is 0. The summed E-state index contributed by atoms with van der Waals surface area (Å²) in [6.07, 6.45) is 6.04. The van der Waals surface area contributed by atoms with Gasteiger partial charge in [-0.1, -0.05) is 12.1 Å². The summed E-state index contributed by atoms with van der Waals surface area (Å²) in [5.41, 5.74) is 5.44. The van der Waals surface area contributed by atoms with Crippen LogP contribution in [0.4, 0.5) is 16.5 Å². The van der Waals surface area contributed by atoms with E-state index >= 15 is 0 Å². The summed E-state index contributed by atoms with van der Waals surface area (Å²) < 4.78 is 5.48. The number of nitrogens with zero attached hydrogens (tertiary/aromatic N) is 4. The van der Waals surface area contributed by atoms with Gasteiger partial charge in [0.05, 0.1) is 42.1 Å². The molecule has 1 saturated heterocycles. The molecule has 1 aromatic carbocycles. The molecule has 146 valence electrons. The number of para-hydroxylation sites is 1. The molecule has 0 radical (unpaired) electrons. The van der Waals surface area contributed by atoms with Crippen LogP contribution >= 0.6 is 11.3 Å². The fourth-order valence-corrected chi connectivity index (χ4v) is 4.22. The van der Waals surface area contributed by atoms with Gasteiger partial charge in [0.1, 0.15) is 0 Å². The number of amides is 1. The molecule has 1 amide bonds. The summed E-state index contributed by atoms with van der Waals surface area (Å²) >= 11 is 1.39. The summed E-state index contributed by atoms with van der Waals surface area (Å²) in [5, 5.41) is 5.27. The van der Waals surface area contributed by atoms with E-state index in [1.807, 2.05) is 35.8 Å². The maximum atomic E-state index is 12.8. The highest BCUT2D eigenvalue weighted by Crippen LogP contribution is 2.35. The lowest BCUT2D eigenvalue weighted by molar-refractivity contribution is 0.102. The number of ether oxygens (including phenoxy) is 1. The maximum Gasteiger partial charge on any atom is 0.259 e. The first-order valence-electron chi connectivity index (χ1n) is 9.47. The van der Waals surface area contributed by atoms with E-state index in [0.29, 0.717) is 30.3 Å². The quantitative estimate of drug-likeness (QED) is 0.720. The summed E-state index contributed by atoms with van der Waals surface area (Å²) in [6.45, 7) is 3.09. The molecule has 2 aliphatic rings. The third kappa shape index (κ3) is 3.52. The van der Waals surface area contributed by atoms with Crippen molar-refractivity contribution in [1.82, 2.24) is 9.97 Å². The molecule has 0 unspecified atom stereocenters. The van der Waals surface area contributed by atoms with Crippen LogP contribution in [-0.2, 0) is 11.2 Å². The van der Waals surface area contributed by atoms with E-state index in [1.54, 1.807) is 12.4 Å². The molecule has 4 heterocycles. The zero-order chi connectivity index (χ0) is 19.6. The molecule has 7 nitrogen and oxygen atoms in total. The van der Waals surface area contributed by atoms with E-state index in [1.165, 1.54) is 11.3 Å². The Morgan fingerprint density at radius 1 is 1.17 bits per heavy atom. The van der Waals surface area contributed by atoms with E-state index in [0.717, 1.165) is 41.3 Å². The van der Waals surface area contributed by atoms with Gasteiger partial charge in [-0.05, 0) is 17.7 Å². The third-order valence-electron chi connectivity index (χ3n) is 5.08. The van der Waals surface area contributed by atoms with Gasteiger partial charge in [0, 0.05) is 42.8 Å². The van der Waals surface area contributed by atoms with Crippen LogP contribution in [0.5, 0.6) is 0 Å². The van der Waals surface area contributed by atoms with Gasteiger partial charge < -0.3 is 9.64 Å². The average Bonchev–Trinajstić information content (AvgIpc) is 3.43. The Hall–Kier alpha value is -3.10. The van der Waals surface area contributed by atoms with Crippen LogP contribution in [0, 0.1) is 0 Å². The van der Waals surface area contributed by atoms with Gasteiger partial charge in [0.2, 0.25) is 0 Å². The van der Waals surface area contributed by atoms with Crippen LogP contribution in [0.3, 0.4) is 0 Å². The number of anilines is 2. The largest absolute Gasteiger partial charge is 0.378 e. The predicted octanol–water partition coefficient (Wildman–Crippen LogP) is 3.30. The standard InChI is InChI=1S/C21H19N5O2S/c27-20(25-21-23-6-11-29-21)16-3-1-2-14-12-17(24-19(14)16)15-4-5-22-13-18(15)26-7-9-28-10-8-26/h1-6,11,13H,7-10,12H2,(H,23,25,27). The molecule has 2 aliphatic heterocycles. The lowest BCUT2D eigenvalue weighted by Crippen LogP contribution is -2.37. The average molecular weight is 405 g/mol. The number of hydrogen-bond acceptors (Lipinski definition) is 7. The molecule has 3 aromatic rings. The highest BCUT2D eigenvalue weighted by atomic mass is 32.1. The van der Waals surface area contributed by atoms with Crippen molar-refractivity contribution in [2.45, 2.75) is 6.42 Å². The van der Waals surface area contributed by atoms with Gasteiger partial charge in [-0.15, -0.1) is 11.3 Å². The lowest BCUT2D eigenvalue weighted by atomic mass is 10.0. The highest BCUT2D eigenvalue weighted by Gasteiger charge is 2.25. The molecule has 5 rings (SSSR count). The van der Waals surface area contributed by atoms with Gasteiger partial charge in [-0.2, -0.15) is 0 Å². The van der Waals surface area contributed by atoms with Crippen LogP contribution < -0.4 is 10.2 Å². The van der Waals surface area contributed by atoms with Gasteiger partial charge in [-0.25, -0.2) is 4.98 Å². The SMILES string of the molecule is O=C(Nc1nccs1)c1cccc2c1N=C(c1ccncc1N1CCOCC1)C2. The zero-order valence-electron chi connectivity index (χ0n) is 15.7. The van der Waals surface area contributed by atoms with Crippen molar-refractivity contribution in [3.8, 4) is 0 Å². The van der Waals surface area contributed by atoms with Gasteiger partial charge in [0.25, 0.3) is 5.91 Å². The minimum atomic E-state index is -0.190. The topological polar surface area (TPSA) is 79.7 Å². The fourth-order valence-electron chi connectivity index (χ4n) is 3.70. The molecule has 0 bridgehead atoms. The smallest absolute Gasteiger partial charge is 0.259 e. The Morgan fingerprint density at radius 2 is 2.07 bits per heavy atom. The number of aromatic nitrogens is 2. The van der Waals surface area contributed by atoms with Crippen molar-refractivity contribution in [3.05, 3.63) is 64.9 Å². The molecular weight excluding hydrogens is 386 g/mol. The molecule has 0 atom stereocenters. The Morgan fingerprint density at radius 3 is 2.90 bits per heavy atom. The first kappa shape index (κ1) is 18.0. The molecule has 1 fully saturated rings. The number of carbonyl (C=O) groups is 1. The molecule has 0 saturated carbocycles. The summed E-state index contributed by atoms with van der Waals surface area (Å²) in [6, 6.07) is 7.75. The number of rotatable bonds is 4. The second-order valence-electron chi connectivity index (χ2n) is 6.83. The van der Waals surface area contributed by atoms with Crippen LogP contribution in [-0.4, -0.2) is 47.9 Å². The van der Waals surface area contributed by atoms with Crippen molar-refractivity contribution in [3.63, 3.8) is 0 Å². The van der Waals surface area contributed by atoms with Crippen molar-refractivity contribution >= 4 is 39.5 Å². The van der Waals surface area contributed by atoms with Crippen molar-refractivity contribution in [2.75, 3.05) is 36.5 Å². The molecule has 29 heavy (non-hydrogen) atoms. The molecule has 8 heteroatoms. The van der Waals surface area contributed by atoms with Crippen LogP contribution in [0.1, 0.15) is 21.5 Å². The Balaban J connectivity index is 1.48. The number of benzene rings is 1. The third-order valence-corrected chi connectivity index (χ3v) is 5.77. The number of morpholine rings is 1. The Kier molecular flexibility index (Phi) is 4.79.